The lowest BCUT2D eigenvalue weighted by Crippen LogP contribution is -2.00. The van der Waals surface area contributed by atoms with Gasteiger partial charge in [-0.05, 0) is 49.4 Å². The van der Waals surface area contributed by atoms with Gasteiger partial charge in [0.1, 0.15) is 5.75 Å². The summed E-state index contributed by atoms with van der Waals surface area (Å²) in [5.74, 6) is 1.67. The third-order valence-corrected chi connectivity index (χ3v) is 2.44. The fourth-order valence-corrected chi connectivity index (χ4v) is 1.42. The largest absolute Gasteiger partial charge is 0.494 e. The van der Waals surface area contributed by atoms with Crippen LogP contribution >= 0.6 is 0 Å². The Kier molecular flexibility index (Phi) is 4.47. The molecule has 2 nitrogen and oxygen atoms in total. The van der Waals surface area contributed by atoms with Gasteiger partial charge < -0.3 is 10.5 Å². The molecule has 0 unspecified atom stereocenters. The molecule has 2 heteroatoms. The molecular weight excluding hydrogens is 186 g/mol. The highest BCUT2D eigenvalue weighted by molar-refractivity contribution is 5.49. The van der Waals surface area contributed by atoms with E-state index in [0.29, 0.717) is 0 Å². The predicted molar refractivity (Wildman–Crippen MR) is 65.2 cm³/mol. The van der Waals surface area contributed by atoms with Crippen molar-refractivity contribution in [2.24, 2.45) is 5.92 Å². The van der Waals surface area contributed by atoms with E-state index in [1.54, 1.807) is 0 Å². The van der Waals surface area contributed by atoms with Crippen LogP contribution in [0, 0.1) is 12.8 Å². The van der Waals surface area contributed by atoms with E-state index in [9.17, 15) is 0 Å². The zero-order chi connectivity index (χ0) is 11.3. The number of nitrogen functional groups attached to an aromatic ring is 1. The van der Waals surface area contributed by atoms with Crippen LogP contribution in [0.25, 0.3) is 0 Å². The number of nitrogens with two attached hydrogens (primary N) is 1. The summed E-state index contributed by atoms with van der Waals surface area (Å²) in [4.78, 5) is 0. The third kappa shape index (κ3) is 4.24. The highest BCUT2D eigenvalue weighted by Gasteiger charge is 1.98. The SMILES string of the molecule is Cc1cc(OCCCC(C)C)ccc1N. The second kappa shape index (κ2) is 5.64. The minimum atomic E-state index is 0.752. The number of rotatable bonds is 5. The van der Waals surface area contributed by atoms with Crippen molar-refractivity contribution >= 4 is 5.69 Å². The fraction of sp³-hybridized carbons (Fsp3) is 0.538. The molecule has 0 fully saturated rings. The lowest BCUT2D eigenvalue weighted by Gasteiger charge is -2.09. The van der Waals surface area contributed by atoms with Crippen LogP contribution in [0.5, 0.6) is 5.75 Å². The van der Waals surface area contributed by atoms with E-state index < -0.39 is 0 Å². The Morgan fingerprint density at radius 1 is 1.33 bits per heavy atom. The highest BCUT2D eigenvalue weighted by atomic mass is 16.5. The first-order chi connectivity index (χ1) is 7.09. The van der Waals surface area contributed by atoms with Gasteiger partial charge in [-0.2, -0.15) is 0 Å². The summed E-state index contributed by atoms with van der Waals surface area (Å²) in [6.45, 7) is 7.25. The Hall–Kier alpha value is -1.18. The summed E-state index contributed by atoms with van der Waals surface area (Å²) < 4.78 is 5.64. The average molecular weight is 207 g/mol. The Bertz CT molecular complexity index is 307. The van der Waals surface area contributed by atoms with Gasteiger partial charge in [-0.15, -0.1) is 0 Å². The number of aryl methyl sites for hydroxylation is 1. The van der Waals surface area contributed by atoms with E-state index in [1.807, 2.05) is 25.1 Å². The third-order valence-electron chi connectivity index (χ3n) is 2.44. The van der Waals surface area contributed by atoms with Crippen LogP contribution in [0.2, 0.25) is 0 Å². The summed E-state index contributed by atoms with van der Waals surface area (Å²) in [6.07, 6.45) is 2.33. The van der Waals surface area contributed by atoms with E-state index in [0.717, 1.165) is 35.9 Å². The first-order valence-corrected chi connectivity index (χ1v) is 5.58. The fourth-order valence-electron chi connectivity index (χ4n) is 1.42. The van der Waals surface area contributed by atoms with Crippen LogP contribution in [-0.4, -0.2) is 6.61 Å². The van der Waals surface area contributed by atoms with Crippen LogP contribution in [0.15, 0.2) is 18.2 Å². The summed E-state index contributed by atoms with van der Waals surface area (Å²) in [5, 5.41) is 0. The second-order valence-corrected chi connectivity index (χ2v) is 4.40. The smallest absolute Gasteiger partial charge is 0.119 e. The molecule has 1 rings (SSSR count). The summed E-state index contributed by atoms with van der Waals surface area (Å²) in [7, 11) is 0. The van der Waals surface area contributed by atoms with Gasteiger partial charge in [-0.3, -0.25) is 0 Å². The van der Waals surface area contributed by atoms with Crippen LogP contribution in [0.4, 0.5) is 5.69 Å². The standard InChI is InChI=1S/C13H21NO/c1-10(2)5-4-8-15-12-6-7-13(14)11(3)9-12/h6-7,9-10H,4-5,8,14H2,1-3H3. The zero-order valence-electron chi connectivity index (χ0n) is 9.92. The molecule has 0 aliphatic carbocycles. The van der Waals surface area contributed by atoms with Gasteiger partial charge in [0, 0.05) is 5.69 Å². The molecule has 1 aromatic rings. The van der Waals surface area contributed by atoms with E-state index >= 15 is 0 Å². The van der Waals surface area contributed by atoms with Crippen LogP contribution in [0.1, 0.15) is 32.3 Å². The Morgan fingerprint density at radius 2 is 2.07 bits per heavy atom. The van der Waals surface area contributed by atoms with Gasteiger partial charge in [0.15, 0.2) is 0 Å². The molecule has 0 atom stereocenters. The maximum atomic E-state index is 5.73. The molecule has 2 N–H and O–H groups in total. The van der Waals surface area contributed by atoms with Crippen molar-refractivity contribution in [2.75, 3.05) is 12.3 Å². The number of hydrogen-bond donors (Lipinski definition) is 1. The van der Waals surface area contributed by atoms with Crippen LogP contribution < -0.4 is 10.5 Å². The molecular formula is C13H21NO. The highest BCUT2D eigenvalue weighted by Crippen LogP contribution is 2.18. The molecule has 0 amide bonds. The molecule has 0 aliphatic heterocycles. The average Bonchev–Trinajstić information content (AvgIpc) is 2.18. The van der Waals surface area contributed by atoms with E-state index in [-0.39, 0.29) is 0 Å². The monoisotopic (exact) mass is 207 g/mol. The van der Waals surface area contributed by atoms with E-state index in [1.165, 1.54) is 6.42 Å². The van der Waals surface area contributed by atoms with Gasteiger partial charge in [0.25, 0.3) is 0 Å². The quantitative estimate of drug-likeness (QED) is 0.593. The van der Waals surface area contributed by atoms with Crippen molar-refractivity contribution in [2.45, 2.75) is 33.6 Å². The van der Waals surface area contributed by atoms with Crippen molar-refractivity contribution in [1.82, 2.24) is 0 Å². The van der Waals surface area contributed by atoms with Crippen molar-refractivity contribution in [1.29, 1.82) is 0 Å². The van der Waals surface area contributed by atoms with Crippen molar-refractivity contribution in [3.63, 3.8) is 0 Å². The van der Waals surface area contributed by atoms with Gasteiger partial charge in [0.2, 0.25) is 0 Å². The predicted octanol–water partition coefficient (Wildman–Crippen LogP) is 3.39. The molecule has 0 bridgehead atoms. The molecule has 0 saturated heterocycles. The molecule has 0 radical (unpaired) electrons. The van der Waals surface area contributed by atoms with Crippen molar-refractivity contribution in [3.05, 3.63) is 23.8 Å². The van der Waals surface area contributed by atoms with Crippen LogP contribution in [0.3, 0.4) is 0 Å². The number of anilines is 1. The first kappa shape index (κ1) is 11.9. The van der Waals surface area contributed by atoms with Gasteiger partial charge in [-0.25, -0.2) is 0 Å². The molecule has 0 spiro atoms. The molecule has 0 heterocycles. The summed E-state index contributed by atoms with van der Waals surface area (Å²) >= 11 is 0. The van der Waals surface area contributed by atoms with Gasteiger partial charge in [0.05, 0.1) is 6.61 Å². The zero-order valence-corrected chi connectivity index (χ0v) is 9.92. The topological polar surface area (TPSA) is 35.2 Å². The maximum absolute atomic E-state index is 5.73. The Balaban J connectivity index is 2.35. The number of hydrogen-bond acceptors (Lipinski definition) is 2. The summed E-state index contributed by atoms with van der Waals surface area (Å²) in [6, 6.07) is 5.82. The molecule has 0 saturated carbocycles. The minimum absolute atomic E-state index is 0.752. The van der Waals surface area contributed by atoms with Crippen LogP contribution in [-0.2, 0) is 0 Å². The van der Waals surface area contributed by atoms with Gasteiger partial charge in [-0.1, -0.05) is 13.8 Å². The van der Waals surface area contributed by atoms with Crippen molar-refractivity contribution in [3.8, 4) is 5.75 Å². The van der Waals surface area contributed by atoms with Gasteiger partial charge >= 0.3 is 0 Å². The second-order valence-electron chi connectivity index (χ2n) is 4.40. The number of ether oxygens (including phenoxy) is 1. The molecule has 84 valence electrons. The molecule has 15 heavy (non-hydrogen) atoms. The maximum Gasteiger partial charge on any atom is 0.119 e. The molecule has 0 aromatic heterocycles. The molecule has 0 aliphatic rings. The number of benzene rings is 1. The van der Waals surface area contributed by atoms with Crippen molar-refractivity contribution < 1.29 is 4.74 Å². The lowest BCUT2D eigenvalue weighted by atomic mass is 10.1. The minimum Gasteiger partial charge on any atom is -0.494 e. The lowest BCUT2D eigenvalue weighted by molar-refractivity contribution is 0.297. The van der Waals surface area contributed by atoms with E-state index in [4.69, 9.17) is 10.5 Å². The van der Waals surface area contributed by atoms with E-state index in [2.05, 4.69) is 13.8 Å². The normalized spacial score (nSPS) is 10.7. The summed E-state index contributed by atoms with van der Waals surface area (Å²) in [5.41, 5.74) is 7.63. The Morgan fingerprint density at radius 3 is 2.67 bits per heavy atom. The molecule has 1 aromatic carbocycles. The Labute approximate surface area is 92.4 Å². The first-order valence-electron chi connectivity index (χ1n) is 5.58.